The molecule has 2 aliphatic rings. The fourth-order valence-electron chi connectivity index (χ4n) is 3.49. The van der Waals surface area contributed by atoms with E-state index in [2.05, 4.69) is 74.7 Å². The van der Waals surface area contributed by atoms with E-state index in [-0.39, 0.29) is 24.8 Å². The summed E-state index contributed by atoms with van der Waals surface area (Å²) in [6.07, 6.45) is 11.9. The van der Waals surface area contributed by atoms with E-state index < -0.39 is 26.8 Å². The van der Waals surface area contributed by atoms with Gasteiger partial charge in [-0.25, -0.2) is 0 Å². The van der Waals surface area contributed by atoms with Crippen molar-refractivity contribution in [2.75, 3.05) is 0 Å². The molecule has 1 unspecified atom stereocenters. The molecule has 111 valence electrons. The van der Waals surface area contributed by atoms with Crippen molar-refractivity contribution in [1.82, 2.24) is 0 Å². The monoisotopic (exact) mass is 413 g/mol. The van der Waals surface area contributed by atoms with Crippen molar-refractivity contribution in [3.8, 4) is 0 Å². The van der Waals surface area contributed by atoms with Gasteiger partial charge in [0.25, 0.3) is 0 Å². The number of hydrogen-bond donors (Lipinski definition) is 0. The van der Waals surface area contributed by atoms with Crippen molar-refractivity contribution in [3.05, 3.63) is 65.3 Å². The first-order valence-corrected chi connectivity index (χ1v) is 17.2. The van der Waals surface area contributed by atoms with Crippen molar-refractivity contribution in [2.24, 2.45) is 0 Å². The molecule has 3 rings (SSSR count). The topological polar surface area (TPSA) is 0 Å². The Morgan fingerprint density at radius 2 is 1.62 bits per heavy atom. The van der Waals surface area contributed by atoms with Gasteiger partial charge in [-0.05, 0) is 0 Å². The van der Waals surface area contributed by atoms with Gasteiger partial charge in [0.05, 0.1) is 0 Å². The number of allylic oxidation sites excluding steroid dienone is 5. The summed E-state index contributed by atoms with van der Waals surface area (Å²) in [6, 6.07) is 9.08. The van der Waals surface area contributed by atoms with Crippen LogP contribution in [0.1, 0.15) is 21.7 Å². The van der Waals surface area contributed by atoms with Crippen LogP contribution in [0.3, 0.4) is 0 Å². The summed E-state index contributed by atoms with van der Waals surface area (Å²) < 4.78 is 1.68. The zero-order valence-electron chi connectivity index (χ0n) is 12.7. The molecule has 0 aliphatic heterocycles. The SMILES string of the molecule is CC1=Cc2ccccc2[CH]1[Zr+2]([CH]1C=CC=C1)[SiH](C)C.[Cl-].[Cl-]. The van der Waals surface area contributed by atoms with Crippen molar-refractivity contribution in [3.63, 3.8) is 0 Å². The van der Waals surface area contributed by atoms with E-state index in [4.69, 9.17) is 0 Å². The zero-order valence-corrected chi connectivity index (χ0v) is 17.8. The van der Waals surface area contributed by atoms with Gasteiger partial charge in [0, 0.05) is 0 Å². The first-order valence-electron chi connectivity index (χ1n) is 7.17. The van der Waals surface area contributed by atoms with Crippen LogP contribution in [0.15, 0.2) is 54.1 Å². The van der Waals surface area contributed by atoms with E-state index in [0.717, 1.165) is 7.25 Å². The molecule has 0 nitrogen and oxygen atoms in total. The van der Waals surface area contributed by atoms with E-state index >= 15 is 0 Å². The Balaban J connectivity index is 0.00000110. The Morgan fingerprint density at radius 3 is 2.24 bits per heavy atom. The minimum absolute atomic E-state index is 0. The molecule has 0 fully saturated rings. The van der Waals surface area contributed by atoms with E-state index in [0.29, 0.717) is 0 Å². The maximum absolute atomic E-state index is 2.59. The average Bonchev–Trinajstić information content (AvgIpc) is 2.99. The second kappa shape index (κ2) is 8.11. The Hall–Kier alpha value is 0.120. The summed E-state index contributed by atoms with van der Waals surface area (Å²) in [5.74, 6) is -0.536. The summed E-state index contributed by atoms with van der Waals surface area (Å²) in [5.41, 5.74) is 4.78. The van der Waals surface area contributed by atoms with Crippen molar-refractivity contribution in [2.45, 2.75) is 27.3 Å². The standard InChI is InChI=1S/C10H9.C5H5.C2H7Si.2ClH.Zr/c1-8-6-9-4-2-3-5-10(9)7-8;1-2-4-5-3-1;1-3-2;;;/h2-7H,1H3;1-5H;3H,1-2H3;2*1H;/q;;;;;+2/p-2. The first kappa shape index (κ1) is 19.2. The minimum Gasteiger partial charge on any atom is -1.00 e. The van der Waals surface area contributed by atoms with Gasteiger partial charge in [-0.1, -0.05) is 0 Å². The number of hydrogen-bond acceptors (Lipinski definition) is 0. The van der Waals surface area contributed by atoms with Crippen LogP contribution in [-0.2, 0) is 20.9 Å². The van der Waals surface area contributed by atoms with Gasteiger partial charge in [-0.3, -0.25) is 0 Å². The van der Waals surface area contributed by atoms with E-state index in [1.165, 1.54) is 5.56 Å². The molecule has 1 aromatic carbocycles. The Labute approximate surface area is 149 Å². The van der Waals surface area contributed by atoms with Crippen LogP contribution in [-0.4, -0.2) is 5.92 Å². The predicted octanol–water partition coefficient (Wildman–Crippen LogP) is -1.33. The van der Waals surface area contributed by atoms with Gasteiger partial charge in [0.15, 0.2) is 0 Å². The first-order chi connectivity index (χ1) is 9.18. The summed E-state index contributed by atoms with van der Waals surface area (Å²) >= 11 is -1.48. The molecule has 4 heteroatoms. The molecule has 0 N–H and O–H groups in total. The van der Waals surface area contributed by atoms with E-state index in [1.807, 2.05) is 0 Å². The number of halogens is 2. The normalized spacial score (nSPS) is 19.0. The third-order valence-corrected chi connectivity index (χ3v) is 26.1. The van der Waals surface area contributed by atoms with Crippen LogP contribution in [0.4, 0.5) is 0 Å². The third-order valence-electron chi connectivity index (χ3n) is 4.28. The number of rotatable bonds is 3. The quantitative estimate of drug-likeness (QED) is 0.537. The molecule has 0 aromatic heterocycles. The maximum Gasteiger partial charge on any atom is -1.00 e. The van der Waals surface area contributed by atoms with Gasteiger partial charge < -0.3 is 24.8 Å². The van der Waals surface area contributed by atoms with Crippen LogP contribution < -0.4 is 24.8 Å². The second-order valence-electron chi connectivity index (χ2n) is 5.90. The average molecular weight is 416 g/mol. The fourth-order valence-corrected chi connectivity index (χ4v) is 25.1. The van der Waals surface area contributed by atoms with Crippen LogP contribution in [0, 0.1) is 0 Å². The van der Waals surface area contributed by atoms with Crippen molar-refractivity contribution >= 4 is 12.0 Å². The summed E-state index contributed by atoms with van der Waals surface area (Å²) in [5, 5.41) is 0. The van der Waals surface area contributed by atoms with E-state index in [1.54, 1.807) is 11.1 Å². The van der Waals surface area contributed by atoms with E-state index in [9.17, 15) is 0 Å². The second-order valence-corrected chi connectivity index (χ2v) is 26.2. The van der Waals surface area contributed by atoms with Gasteiger partial charge in [0.2, 0.25) is 0 Å². The molecule has 0 radical (unpaired) electrons. The molecular formula is C17H21Cl2SiZr. The zero-order chi connectivity index (χ0) is 13.4. The Morgan fingerprint density at radius 1 is 1.00 bits per heavy atom. The van der Waals surface area contributed by atoms with Gasteiger partial charge >= 0.3 is 125 Å². The Bertz CT molecular complexity index is 566. The van der Waals surface area contributed by atoms with Crippen LogP contribution >= 0.6 is 0 Å². The number of benzene rings is 1. The predicted molar refractivity (Wildman–Crippen MR) is 83.7 cm³/mol. The van der Waals surface area contributed by atoms with Crippen LogP contribution in [0.25, 0.3) is 6.08 Å². The van der Waals surface area contributed by atoms with Crippen LogP contribution in [0.5, 0.6) is 0 Å². The van der Waals surface area contributed by atoms with Crippen molar-refractivity contribution in [1.29, 1.82) is 0 Å². The van der Waals surface area contributed by atoms with Gasteiger partial charge in [-0.15, -0.1) is 0 Å². The molecule has 1 atom stereocenters. The third kappa shape index (κ3) is 3.72. The number of fused-ring (bicyclic) bond motifs is 1. The van der Waals surface area contributed by atoms with Crippen LogP contribution in [0.2, 0.25) is 16.7 Å². The molecule has 0 bridgehead atoms. The summed E-state index contributed by atoms with van der Waals surface area (Å²) in [6.45, 7) is 7.54. The van der Waals surface area contributed by atoms with Gasteiger partial charge in [0.1, 0.15) is 0 Å². The summed E-state index contributed by atoms with van der Waals surface area (Å²) in [4.78, 5) is 0. The smallest absolute Gasteiger partial charge is 1.00 e. The maximum atomic E-state index is 2.59. The molecule has 0 saturated heterocycles. The molecule has 0 heterocycles. The molecule has 21 heavy (non-hydrogen) atoms. The van der Waals surface area contributed by atoms with Crippen molar-refractivity contribution < 1.29 is 45.7 Å². The molecule has 2 aliphatic carbocycles. The molecule has 0 spiro atoms. The summed E-state index contributed by atoms with van der Waals surface area (Å²) in [7, 11) is 0. The molecule has 0 saturated carbocycles. The van der Waals surface area contributed by atoms with Gasteiger partial charge in [-0.2, -0.15) is 0 Å². The Kier molecular flexibility index (Phi) is 7.40. The molecule has 0 amide bonds. The fraction of sp³-hybridized carbons (Fsp3) is 0.294. The largest absolute Gasteiger partial charge is 1.00 e. The minimum atomic E-state index is -1.48. The molecule has 1 aromatic rings. The molecular weight excluding hydrogens is 394 g/mol.